The molecule has 1 heteroatoms. The van der Waals surface area contributed by atoms with Crippen LogP contribution in [0.5, 0.6) is 0 Å². The van der Waals surface area contributed by atoms with Crippen molar-refractivity contribution in [2.75, 3.05) is 6.54 Å². The third-order valence-corrected chi connectivity index (χ3v) is 2.59. The Morgan fingerprint density at radius 2 is 2.43 bits per heavy atom. The van der Waals surface area contributed by atoms with Crippen LogP contribution >= 0.6 is 0 Å². The highest BCUT2D eigenvalue weighted by Gasteiger charge is 2.10. The van der Waals surface area contributed by atoms with Crippen LogP contribution in [-0.2, 0) is 0 Å². The van der Waals surface area contributed by atoms with Crippen LogP contribution in [0, 0.1) is 0 Å². The number of aliphatic imine (C=N–C) groups is 1. The molecule has 0 aromatic heterocycles. The van der Waals surface area contributed by atoms with Crippen LogP contribution in [0.3, 0.4) is 0 Å². The van der Waals surface area contributed by atoms with Gasteiger partial charge in [-0.1, -0.05) is 25.5 Å². The molecule has 1 rings (SSSR count). The fraction of sp³-hybridized carbons (Fsp3) is 0.615. The van der Waals surface area contributed by atoms with Crippen molar-refractivity contribution in [1.82, 2.24) is 0 Å². The lowest BCUT2D eigenvalue weighted by Gasteiger charge is -2.15. The first-order valence-electron chi connectivity index (χ1n) is 5.72. The van der Waals surface area contributed by atoms with Crippen LogP contribution in [0.4, 0.5) is 0 Å². The Kier molecular flexibility index (Phi) is 5.28. The summed E-state index contributed by atoms with van der Waals surface area (Å²) in [4.78, 5) is 4.57. The molecule has 0 spiro atoms. The zero-order valence-electron chi connectivity index (χ0n) is 9.26. The van der Waals surface area contributed by atoms with E-state index in [4.69, 9.17) is 0 Å². The van der Waals surface area contributed by atoms with E-state index in [9.17, 15) is 0 Å². The molecule has 0 saturated heterocycles. The van der Waals surface area contributed by atoms with Gasteiger partial charge in [-0.3, -0.25) is 4.99 Å². The molecule has 1 aliphatic rings. The predicted molar refractivity (Wildman–Crippen MR) is 64.0 cm³/mol. The van der Waals surface area contributed by atoms with E-state index in [1.54, 1.807) is 0 Å². The summed E-state index contributed by atoms with van der Waals surface area (Å²) >= 11 is 0. The lowest BCUT2D eigenvalue weighted by Crippen LogP contribution is -2.08. The van der Waals surface area contributed by atoms with E-state index < -0.39 is 0 Å². The fourth-order valence-electron chi connectivity index (χ4n) is 1.79. The Bertz CT molecular complexity index is 236. The smallest absolute Gasteiger partial charge is 0.0571 e. The van der Waals surface area contributed by atoms with Crippen LogP contribution in [0.2, 0.25) is 0 Å². The topological polar surface area (TPSA) is 12.4 Å². The van der Waals surface area contributed by atoms with Crippen LogP contribution in [0.1, 0.15) is 45.4 Å². The zero-order valence-corrected chi connectivity index (χ0v) is 9.26. The Morgan fingerprint density at radius 1 is 1.57 bits per heavy atom. The first kappa shape index (κ1) is 11.2. The van der Waals surface area contributed by atoms with Gasteiger partial charge in [-0.05, 0) is 37.7 Å². The summed E-state index contributed by atoms with van der Waals surface area (Å²) < 4.78 is 0. The van der Waals surface area contributed by atoms with Gasteiger partial charge < -0.3 is 0 Å². The van der Waals surface area contributed by atoms with Gasteiger partial charge in [-0.2, -0.15) is 0 Å². The first-order valence-corrected chi connectivity index (χ1v) is 5.72. The van der Waals surface area contributed by atoms with Gasteiger partial charge in [0.1, 0.15) is 0 Å². The maximum absolute atomic E-state index is 4.57. The zero-order chi connectivity index (χ0) is 10.2. The van der Waals surface area contributed by atoms with Gasteiger partial charge in [0, 0.05) is 5.71 Å². The minimum absolute atomic E-state index is 0.777. The van der Waals surface area contributed by atoms with Crippen LogP contribution in [-0.4, -0.2) is 12.3 Å². The molecule has 0 amide bonds. The summed E-state index contributed by atoms with van der Waals surface area (Å²) in [6.07, 6.45) is 11.7. The van der Waals surface area contributed by atoms with E-state index in [2.05, 4.69) is 24.6 Å². The molecule has 14 heavy (non-hydrogen) atoms. The average molecular weight is 191 g/mol. The number of allylic oxidation sites excluding steroid dienone is 2. The van der Waals surface area contributed by atoms with Crippen molar-refractivity contribution in [2.24, 2.45) is 4.99 Å². The first-order chi connectivity index (χ1) is 6.88. The van der Waals surface area contributed by atoms with Crippen molar-refractivity contribution in [3.63, 3.8) is 0 Å². The molecule has 0 bridgehead atoms. The van der Waals surface area contributed by atoms with Crippen molar-refractivity contribution < 1.29 is 0 Å². The van der Waals surface area contributed by atoms with E-state index in [-0.39, 0.29) is 0 Å². The van der Waals surface area contributed by atoms with Crippen LogP contribution in [0.15, 0.2) is 29.3 Å². The highest BCUT2D eigenvalue weighted by Crippen LogP contribution is 2.20. The second kappa shape index (κ2) is 6.58. The Morgan fingerprint density at radius 3 is 3.14 bits per heavy atom. The molecule has 0 aliphatic heterocycles. The van der Waals surface area contributed by atoms with Crippen molar-refractivity contribution in [3.8, 4) is 0 Å². The third-order valence-electron chi connectivity index (χ3n) is 2.59. The molecule has 0 fully saturated rings. The Labute approximate surface area is 87.6 Å². The molecule has 0 aromatic rings. The van der Waals surface area contributed by atoms with Crippen molar-refractivity contribution in [3.05, 3.63) is 24.3 Å². The van der Waals surface area contributed by atoms with Gasteiger partial charge in [0.2, 0.25) is 0 Å². The second-order valence-electron chi connectivity index (χ2n) is 3.80. The summed E-state index contributed by atoms with van der Waals surface area (Å²) in [5.41, 5.74) is 2.84. The minimum Gasteiger partial charge on any atom is -0.285 e. The lowest BCUT2D eigenvalue weighted by molar-refractivity contribution is 0.774. The third kappa shape index (κ3) is 3.49. The van der Waals surface area contributed by atoms with E-state index in [0.717, 1.165) is 6.54 Å². The summed E-state index contributed by atoms with van der Waals surface area (Å²) in [5, 5.41) is 0. The van der Waals surface area contributed by atoms with Crippen LogP contribution in [0.25, 0.3) is 0 Å². The standard InChI is InChI=1S/C13H21N/c1-3-5-8-12-9-6-7-10-13(12)14-11-4-2/h4,9H,2-3,5-8,10-11H2,1H3. The van der Waals surface area contributed by atoms with Gasteiger partial charge in [-0.15, -0.1) is 6.58 Å². The molecule has 0 atom stereocenters. The number of rotatable bonds is 5. The van der Waals surface area contributed by atoms with E-state index >= 15 is 0 Å². The van der Waals surface area contributed by atoms with E-state index in [1.165, 1.54) is 49.8 Å². The van der Waals surface area contributed by atoms with Gasteiger partial charge in [0.25, 0.3) is 0 Å². The molecule has 0 N–H and O–H groups in total. The molecule has 0 heterocycles. The summed E-state index contributed by atoms with van der Waals surface area (Å²) in [6, 6.07) is 0. The van der Waals surface area contributed by atoms with Gasteiger partial charge in [0.05, 0.1) is 6.54 Å². The highest BCUT2D eigenvalue weighted by atomic mass is 14.7. The number of unbranched alkanes of at least 4 members (excludes halogenated alkanes) is 1. The monoisotopic (exact) mass is 191 g/mol. The number of hydrogen-bond acceptors (Lipinski definition) is 1. The Hall–Kier alpha value is -0.850. The summed E-state index contributed by atoms with van der Waals surface area (Å²) in [7, 11) is 0. The summed E-state index contributed by atoms with van der Waals surface area (Å²) in [6.45, 7) is 6.72. The number of hydrogen-bond donors (Lipinski definition) is 0. The van der Waals surface area contributed by atoms with Gasteiger partial charge in [-0.25, -0.2) is 0 Å². The largest absolute Gasteiger partial charge is 0.285 e. The predicted octanol–water partition coefficient (Wildman–Crippen LogP) is 3.91. The number of nitrogens with zero attached hydrogens (tertiary/aromatic N) is 1. The maximum atomic E-state index is 4.57. The van der Waals surface area contributed by atoms with Gasteiger partial charge in [0.15, 0.2) is 0 Å². The molecule has 0 aromatic carbocycles. The molecular weight excluding hydrogens is 170 g/mol. The van der Waals surface area contributed by atoms with Crippen LogP contribution < -0.4 is 0 Å². The lowest BCUT2D eigenvalue weighted by atomic mass is 9.93. The second-order valence-corrected chi connectivity index (χ2v) is 3.80. The van der Waals surface area contributed by atoms with E-state index in [1.807, 2.05) is 6.08 Å². The fourth-order valence-corrected chi connectivity index (χ4v) is 1.79. The molecule has 1 aliphatic carbocycles. The average Bonchev–Trinajstić information content (AvgIpc) is 2.24. The quantitative estimate of drug-likeness (QED) is 0.584. The molecule has 78 valence electrons. The Balaban J connectivity index is 2.57. The molecule has 0 saturated carbocycles. The molecule has 1 nitrogen and oxygen atoms in total. The highest BCUT2D eigenvalue weighted by molar-refractivity contribution is 6.00. The maximum Gasteiger partial charge on any atom is 0.0571 e. The summed E-state index contributed by atoms with van der Waals surface area (Å²) in [5.74, 6) is 0. The molecule has 0 unspecified atom stereocenters. The minimum atomic E-state index is 0.777. The van der Waals surface area contributed by atoms with Crippen molar-refractivity contribution in [1.29, 1.82) is 0 Å². The van der Waals surface area contributed by atoms with E-state index in [0.29, 0.717) is 0 Å². The normalized spacial score (nSPS) is 19.5. The molecular formula is C13H21N. The SMILES string of the molecule is C=CCN=C1CCCC=C1CCCC. The van der Waals surface area contributed by atoms with Crippen molar-refractivity contribution in [2.45, 2.75) is 45.4 Å². The van der Waals surface area contributed by atoms with Crippen molar-refractivity contribution >= 4 is 5.71 Å². The molecule has 0 radical (unpaired) electrons. The van der Waals surface area contributed by atoms with Gasteiger partial charge >= 0.3 is 0 Å².